The van der Waals surface area contributed by atoms with Gasteiger partial charge in [-0.25, -0.2) is 9.78 Å². The summed E-state index contributed by atoms with van der Waals surface area (Å²) in [5, 5.41) is 6.14. The SMILES string of the molecule is CC(Nc1nccs1)c1ccc2[nH]c(=O)[nH]c2c1. The maximum atomic E-state index is 11.2. The summed E-state index contributed by atoms with van der Waals surface area (Å²) >= 11 is 1.57. The summed E-state index contributed by atoms with van der Waals surface area (Å²) in [5.74, 6) is 0. The van der Waals surface area contributed by atoms with Gasteiger partial charge in [-0.15, -0.1) is 11.3 Å². The van der Waals surface area contributed by atoms with E-state index in [0.717, 1.165) is 21.7 Å². The van der Waals surface area contributed by atoms with Gasteiger partial charge in [0.05, 0.1) is 17.1 Å². The highest BCUT2D eigenvalue weighted by atomic mass is 32.1. The Bertz CT molecular complexity index is 713. The summed E-state index contributed by atoms with van der Waals surface area (Å²) < 4.78 is 0. The second-order valence-corrected chi connectivity index (χ2v) is 4.98. The van der Waals surface area contributed by atoms with Crippen molar-refractivity contribution >= 4 is 27.5 Å². The van der Waals surface area contributed by atoms with E-state index in [-0.39, 0.29) is 11.7 Å². The summed E-state index contributed by atoms with van der Waals surface area (Å²) in [6.07, 6.45) is 1.77. The molecule has 92 valence electrons. The lowest BCUT2D eigenvalue weighted by Crippen LogP contribution is -2.06. The summed E-state index contributed by atoms with van der Waals surface area (Å²) in [7, 11) is 0. The molecule has 3 rings (SSSR count). The van der Waals surface area contributed by atoms with Crippen molar-refractivity contribution in [2.75, 3.05) is 5.32 Å². The Morgan fingerprint density at radius 2 is 2.17 bits per heavy atom. The average molecular weight is 260 g/mol. The molecule has 2 aromatic heterocycles. The average Bonchev–Trinajstić information content (AvgIpc) is 2.95. The number of imidazole rings is 1. The molecule has 6 heteroatoms. The Morgan fingerprint density at radius 3 is 2.94 bits per heavy atom. The van der Waals surface area contributed by atoms with Crippen molar-refractivity contribution in [1.29, 1.82) is 0 Å². The van der Waals surface area contributed by atoms with Crippen LogP contribution in [0.1, 0.15) is 18.5 Å². The van der Waals surface area contributed by atoms with E-state index >= 15 is 0 Å². The third kappa shape index (κ3) is 2.02. The Balaban J connectivity index is 1.91. The zero-order chi connectivity index (χ0) is 12.5. The lowest BCUT2D eigenvalue weighted by atomic mass is 10.1. The van der Waals surface area contributed by atoms with E-state index in [1.54, 1.807) is 17.5 Å². The summed E-state index contributed by atoms with van der Waals surface area (Å²) in [6, 6.07) is 6.01. The Morgan fingerprint density at radius 1 is 1.33 bits per heavy atom. The molecule has 5 nitrogen and oxygen atoms in total. The quantitative estimate of drug-likeness (QED) is 0.677. The van der Waals surface area contributed by atoms with E-state index in [4.69, 9.17) is 0 Å². The van der Waals surface area contributed by atoms with E-state index in [2.05, 4.69) is 27.2 Å². The fourth-order valence-corrected chi connectivity index (χ4v) is 2.50. The molecule has 3 N–H and O–H groups in total. The van der Waals surface area contributed by atoms with Crippen LogP contribution in [0.15, 0.2) is 34.6 Å². The van der Waals surface area contributed by atoms with Crippen molar-refractivity contribution in [3.05, 3.63) is 45.8 Å². The number of hydrogen-bond acceptors (Lipinski definition) is 4. The van der Waals surface area contributed by atoms with E-state index in [9.17, 15) is 4.79 Å². The van der Waals surface area contributed by atoms with Crippen LogP contribution in [0.2, 0.25) is 0 Å². The number of thiazole rings is 1. The molecule has 0 aliphatic heterocycles. The largest absolute Gasteiger partial charge is 0.355 e. The van der Waals surface area contributed by atoms with Crippen LogP contribution in [0.3, 0.4) is 0 Å². The lowest BCUT2D eigenvalue weighted by molar-refractivity contribution is 0.883. The first-order valence-electron chi connectivity index (χ1n) is 5.60. The van der Waals surface area contributed by atoms with Gasteiger partial charge in [0.25, 0.3) is 0 Å². The number of anilines is 1. The molecule has 0 amide bonds. The minimum absolute atomic E-state index is 0.138. The Kier molecular flexibility index (Phi) is 2.64. The number of rotatable bonds is 3. The number of nitrogens with one attached hydrogen (secondary N) is 3. The highest BCUT2D eigenvalue weighted by Crippen LogP contribution is 2.22. The van der Waals surface area contributed by atoms with Crippen LogP contribution >= 0.6 is 11.3 Å². The van der Waals surface area contributed by atoms with Crippen molar-refractivity contribution in [3.8, 4) is 0 Å². The predicted octanol–water partition coefficient (Wildman–Crippen LogP) is 2.49. The number of aromatic amines is 2. The van der Waals surface area contributed by atoms with Crippen LogP contribution in [-0.2, 0) is 0 Å². The Hall–Kier alpha value is -2.08. The van der Waals surface area contributed by atoms with Crippen LogP contribution < -0.4 is 11.0 Å². The molecule has 0 fully saturated rings. The molecule has 0 aliphatic carbocycles. The van der Waals surface area contributed by atoms with Gasteiger partial charge < -0.3 is 15.3 Å². The summed E-state index contributed by atoms with van der Waals surface area (Å²) in [6.45, 7) is 2.06. The van der Waals surface area contributed by atoms with Crippen LogP contribution in [-0.4, -0.2) is 15.0 Å². The molecule has 0 spiro atoms. The van der Waals surface area contributed by atoms with Crippen LogP contribution in [0, 0.1) is 0 Å². The van der Waals surface area contributed by atoms with Gasteiger partial charge in [-0.2, -0.15) is 0 Å². The molecule has 2 heterocycles. The number of nitrogens with zero attached hydrogens (tertiary/aromatic N) is 1. The minimum Gasteiger partial charge on any atom is -0.355 e. The van der Waals surface area contributed by atoms with Gasteiger partial charge in [0.1, 0.15) is 0 Å². The smallest absolute Gasteiger partial charge is 0.323 e. The van der Waals surface area contributed by atoms with Crippen molar-refractivity contribution < 1.29 is 0 Å². The van der Waals surface area contributed by atoms with Gasteiger partial charge in [-0.05, 0) is 24.6 Å². The molecule has 1 unspecified atom stereocenters. The predicted molar refractivity (Wildman–Crippen MR) is 73.1 cm³/mol. The van der Waals surface area contributed by atoms with E-state index in [0.29, 0.717) is 0 Å². The Labute approximate surface area is 107 Å². The monoisotopic (exact) mass is 260 g/mol. The molecule has 0 radical (unpaired) electrons. The zero-order valence-electron chi connectivity index (χ0n) is 9.73. The molecule has 1 atom stereocenters. The fourth-order valence-electron chi connectivity index (χ4n) is 1.88. The van der Waals surface area contributed by atoms with E-state index in [1.165, 1.54) is 0 Å². The van der Waals surface area contributed by atoms with Crippen LogP contribution in [0.4, 0.5) is 5.13 Å². The van der Waals surface area contributed by atoms with Crippen LogP contribution in [0.25, 0.3) is 11.0 Å². The number of hydrogen-bond donors (Lipinski definition) is 3. The third-order valence-electron chi connectivity index (χ3n) is 2.81. The van der Waals surface area contributed by atoms with Crippen molar-refractivity contribution in [1.82, 2.24) is 15.0 Å². The molecule has 18 heavy (non-hydrogen) atoms. The molecule has 0 bridgehead atoms. The maximum absolute atomic E-state index is 11.2. The standard InChI is InChI=1S/C12H12N4OS/c1-7(14-12-13-4-5-18-12)8-2-3-9-10(6-8)16-11(17)15-9/h2-7H,1H3,(H,13,14)(H2,15,16,17). The molecular weight excluding hydrogens is 248 g/mol. The normalized spacial score (nSPS) is 12.7. The third-order valence-corrected chi connectivity index (χ3v) is 3.52. The van der Waals surface area contributed by atoms with Crippen LogP contribution in [0.5, 0.6) is 0 Å². The van der Waals surface area contributed by atoms with Gasteiger partial charge in [-0.1, -0.05) is 6.07 Å². The van der Waals surface area contributed by atoms with Crippen molar-refractivity contribution in [2.45, 2.75) is 13.0 Å². The first-order chi connectivity index (χ1) is 8.72. The highest BCUT2D eigenvalue weighted by Gasteiger charge is 2.08. The molecule has 0 aliphatic rings. The van der Waals surface area contributed by atoms with E-state index in [1.807, 2.05) is 23.6 Å². The highest BCUT2D eigenvalue weighted by molar-refractivity contribution is 7.13. The van der Waals surface area contributed by atoms with E-state index < -0.39 is 0 Å². The number of H-pyrrole nitrogens is 2. The molecular formula is C12H12N4OS. The second kappa shape index (κ2) is 4.30. The summed E-state index contributed by atoms with van der Waals surface area (Å²) in [4.78, 5) is 20.9. The molecule has 0 saturated carbocycles. The number of aromatic nitrogens is 3. The topological polar surface area (TPSA) is 73.6 Å². The van der Waals surface area contributed by atoms with Gasteiger partial charge in [0.15, 0.2) is 5.13 Å². The van der Waals surface area contributed by atoms with Gasteiger partial charge in [0, 0.05) is 11.6 Å². The molecule has 1 aromatic carbocycles. The fraction of sp³-hybridized carbons (Fsp3) is 0.167. The van der Waals surface area contributed by atoms with Gasteiger partial charge in [0.2, 0.25) is 0 Å². The number of fused-ring (bicyclic) bond motifs is 1. The number of benzene rings is 1. The van der Waals surface area contributed by atoms with Gasteiger partial charge in [-0.3, -0.25) is 0 Å². The second-order valence-electron chi connectivity index (χ2n) is 4.09. The summed E-state index contributed by atoms with van der Waals surface area (Å²) in [5.41, 5.74) is 2.58. The van der Waals surface area contributed by atoms with Crippen molar-refractivity contribution in [3.63, 3.8) is 0 Å². The first kappa shape index (κ1) is 11.0. The lowest BCUT2D eigenvalue weighted by Gasteiger charge is -2.13. The maximum Gasteiger partial charge on any atom is 0.323 e. The minimum atomic E-state index is -0.178. The molecule has 3 aromatic rings. The van der Waals surface area contributed by atoms with Crippen molar-refractivity contribution in [2.24, 2.45) is 0 Å². The van der Waals surface area contributed by atoms with Gasteiger partial charge >= 0.3 is 5.69 Å². The molecule has 0 saturated heterocycles. The zero-order valence-corrected chi connectivity index (χ0v) is 10.5. The first-order valence-corrected chi connectivity index (χ1v) is 6.48.